The molecule has 1 heterocycles. The topological polar surface area (TPSA) is 91.0 Å². The normalized spacial score (nSPS) is 12.7. The van der Waals surface area contributed by atoms with Crippen LogP contribution in [0.4, 0.5) is 0 Å². The molecule has 0 spiro atoms. The Kier molecular flexibility index (Phi) is 4.49. The van der Waals surface area contributed by atoms with E-state index in [0.29, 0.717) is 5.76 Å². The van der Waals surface area contributed by atoms with Crippen LogP contribution >= 0.6 is 0 Å². The first-order valence-electron chi connectivity index (χ1n) is 5.55. The molecule has 0 aliphatic heterocycles. The largest absolute Gasteiger partial charge is 0.480 e. The van der Waals surface area contributed by atoms with Gasteiger partial charge in [0.25, 0.3) is 0 Å². The summed E-state index contributed by atoms with van der Waals surface area (Å²) in [6.07, 6.45) is 0. The van der Waals surface area contributed by atoms with Crippen LogP contribution in [0.15, 0.2) is 10.5 Å². The van der Waals surface area contributed by atoms with Crippen LogP contribution in [0.25, 0.3) is 0 Å². The molecule has 0 amide bonds. The van der Waals surface area contributed by atoms with Crippen LogP contribution in [0.2, 0.25) is 0 Å². The molecule has 0 radical (unpaired) electrons. The van der Waals surface area contributed by atoms with Gasteiger partial charge in [-0.25, -0.2) is 0 Å². The molecular weight excluding hydrogens is 238 g/mol. The van der Waals surface area contributed by atoms with Crippen molar-refractivity contribution in [3.63, 3.8) is 0 Å². The first kappa shape index (κ1) is 14.2. The lowest BCUT2D eigenvalue weighted by atomic mass is 10.1. The van der Waals surface area contributed by atoms with Gasteiger partial charge in [-0.05, 0) is 26.8 Å². The Morgan fingerprint density at radius 3 is 2.11 bits per heavy atom. The van der Waals surface area contributed by atoms with E-state index >= 15 is 0 Å². The van der Waals surface area contributed by atoms with E-state index < -0.39 is 11.9 Å². The van der Waals surface area contributed by atoms with Gasteiger partial charge in [0.05, 0.1) is 13.1 Å². The maximum absolute atomic E-state index is 10.8. The monoisotopic (exact) mass is 255 g/mol. The Bertz CT molecular complexity index is 435. The number of hydrogen-bond acceptors (Lipinski definition) is 4. The summed E-state index contributed by atoms with van der Waals surface area (Å²) in [4.78, 5) is 22.9. The zero-order chi connectivity index (χ0) is 13.9. The molecule has 0 fully saturated rings. The number of carboxylic acids is 2. The van der Waals surface area contributed by atoms with Crippen LogP contribution in [-0.2, 0) is 9.59 Å². The molecule has 0 bridgehead atoms. The number of furan rings is 1. The second-order valence-corrected chi connectivity index (χ2v) is 4.24. The van der Waals surface area contributed by atoms with E-state index in [9.17, 15) is 9.59 Å². The summed E-state index contributed by atoms with van der Waals surface area (Å²) in [6, 6.07) is 1.48. The van der Waals surface area contributed by atoms with E-state index in [0.717, 1.165) is 11.3 Å². The molecule has 1 unspecified atom stereocenters. The van der Waals surface area contributed by atoms with Crippen LogP contribution in [0.1, 0.15) is 30.0 Å². The predicted molar refractivity (Wildman–Crippen MR) is 63.4 cm³/mol. The van der Waals surface area contributed by atoms with Crippen molar-refractivity contribution in [2.24, 2.45) is 0 Å². The Morgan fingerprint density at radius 1 is 1.28 bits per heavy atom. The first-order valence-corrected chi connectivity index (χ1v) is 5.55. The van der Waals surface area contributed by atoms with Gasteiger partial charge in [-0.2, -0.15) is 0 Å². The highest BCUT2D eigenvalue weighted by Crippen LogP contribution is 2.25. The van der Waals surface area contributed by atoms with Crippen LogP contribution < -0.4 is 0 Å². The molecule has 1 atom stereocenters. The van der Waals surface area contributed by atoms with Crippen LogP contribution in [0.3, 0.4) is 0 Å². The summed E-state index contributed by atoms with van der Waals surface area (Å²) in [7, 11) is 0. The average molecular weight is 255 g/mol. The van der Waals surface area contributed by atoms with Crippen molar-refractivity contribution in [1.29, 1.82) is 0 Å². The fraction of sp³-hybridized carbons (Fsp3) is 0.500. The molecule has 1 aromatic heterocycles. The van der Waals surface area contributed by atoms with Crippen molar-refractivity contribution in [3.8, 4) is 0 Å². The molecule has 0 saturated heterocycles. The molecular formula is C12H17NO5. The molecule has 1 aromatic rings. The van der Waals surface area contributed by atoms with Gasteiger partial charge in [-0.1, -0.05) is 0 Å². The average Bonchev–Trinajstić information content (AvgIpc) is 2.54. The zero-order valence-corrected chi connectivity index (χ0v) is 10.6. The number of aryl methyl sites for hydroxylation is 2. The number of hydrogen-bond donors (Lipinski definition) is 2. The Morgan fingerprint density at radius 2 is 1.78 bits per heavy atom. The summed E-state index contributed by atoms with van der Waals surface area (Å²) in [6.45, 7) is 4.69. The van der Waals surface area contributed by atoms with Gasteiger partial charge in [0, 0.05) is 11.6 Å². The highest BCUT2D eigenvalue weighted by molar-refractivity contribution is 5.72. The minimum atomic E-state index is -1.05. The third-order valence-corrected chi connectivity index (χ3v) is 2.75. The minimum absolute atomic E-state index is 0.322. The van der Waals surface area contributed by atoms with E-state index in [1.807, 2.05) is 0 Å². The molecule has 0 aliphatic carbocycles. The fourth-order valence-electron chi connectivity index (χ4n) is 1.94. The lowest BCUT2D eigenvalue weighted by molar-refractivity contribution is -0.142. The Balaban J connectivity index is 2.93. The van der Waals surface area contributed by atoms with Crippen LogP contribution in [0, 0.1) is 13.8 Å². The summed E-state index contributed by atoms with van der Waals surface area (Å²) in [5, 5.41) is 17.6. The van der Waals surface area contributed by atoms with Gasteiger partial charge in [0.1, 0.15) is 11.5 Å². The van der Waals surface area contributed by atoms with E-state index in [1.54, 1.807) is 26.8 Å². The van der Waals surface area contributed by atoms with E-state index in [-0.39, 0.29) is 19.1 Å². The third-order valence-electron chi connectivity index (χ3n) is 2.75. The zero-order valence-electron chi connectivity index (χ0n) is 10.6. The van der Waals surface area contributed by atoms with Crippen LogP contribution in [-0.4, -0.2) is 40.1 Å². The summed E-state index contributed by atoms with van der Waals surface area (Å²) >= 11 is 0. The van der Waals surface area contributed by atoms with E-state index in [1.165, 1.54) is 4.90 Å². The maximum Gasteiger partial charge on any atom is 0.317 e. The van der Waals surface area contributed by atoms with Crippen molar-refractivity contribution in [2.45, 2.75) is 26.8 Å². The molecule has 6 nitrogen and oxygen atoms in total. The smallest absolute Gasteiger partial charge is 0.317 e. The van der Waals surface area contributed by atoms with Crippen molar-refractivity contribution in [2.75, 3.05) is 13.1 Å². The highest BCUT2D eigenvalue weighted by atomic mass is 16.4. The van der Waals surface area contributed by atoms with Crippen molar-refractivity contribution in [1.82, 2.24) is 4.90 Å². The molecule has 0 aliphatic rings. The molecule has 2 N–H and O–H groups in total. The lowest BCUT2D eigenvalue weighted by Crippen LogP contribution is -2.36. The Labute approximate surface area is 105 Å². The number of rotatable bonds is 6. The maximum atomic E-state index is 10.8. The fourth-order valence-corrected chi connectivity index (χ4v) is 1.94. The van der Waals surface area contributed by atoms with Gasteiger partial charge in [0.15, 0.2) is 0 Å². The number of aliphatic carboxylic acids is 2. The van der Waals surface area contributed by atoms with E-state index in [4.69, 9.17) is 14.6 Å². The summed E-state index contributed by atoms with van der Waals surface area (Å²) in [5.74, 6) is -0.706. The molecule has 0 aromatic carbocycles. The van der Waals surface area contributed by atoms with Crippen molar-refractivity contribution >= 4 is 11.9 Å². The number of carboxylic acid groups (broad SMARTS) is 2. The van der Waals surface area contributed by atoms with Gasteiger partial charge >= 0.3 is 11.9 Å². The first-order chi connectivity index (χ1) is 8.31. The second-order valence-electron chi connectivity index (χ2n) is 4.24. The molecule has 0 saturated carbocycles. The minimum Gasteiger partial charge on any atom is -0.480 e. The van der Waals surface area contributed by atoms with Gasteiger partial charge < -0.3 is 14.6 Å². The quantitative estimate of drug-likeness (QED) is 0.799. The second kappa shape index (κ2) is 5.68. The molecule has 100 valence electrons. The number of nitrogens with zero attached hydrogens (tertiary/aromatic N) is 1. The van der Waals surface area contributed by atoms with Gasteiger partial charge in [-0.3, -0.25) is 14.5 Å². The SMILES string of the molecule is Cc1cc(C(C)N(CC(=O)O)CC(=O)O)c(C)o1. The van der Waals surface area contributed by atoms with Crippen molar-refractivity contribution < 1.29 is 24.2 Å². The summed E-state index contributed by atoms with van der Waals surface area (Å²) < 4.78 is 5.37. The standard InChI is InChI=1S/C12H17NO5/c1-7-4-10(9(3)18-7)8(2)13(5-11(14)15)6-12(16)17/h4,8H,5-6H2,1-3H3,(H,14,15)(H,16,17). The highest BCUT2D eigenvalue weighted by Gasteiger charge is 2.23. The van der Waals surface area contributed by atoms with Gasteiger partial charge in [-0.15, -0.1) is 0 Å². The van der Waals surface area contributed by atoms with Crippen LogP contribution in [0.5, 0.6) is 0 Å². The van der Waals surface area contributed by atoms with Crippen molar-refractivity contribution in [3.05, 3.63) is 23.2 Å². The van der Waals surface area contributed by atoms with E-state index in [2.05, 4.69) is 0 Å². The van der Waals surface area contributed by atoms with Gasteiger partial charge in [0.2, 0.25) is 0 Å². The molecule has 1 rings (SSSR count). The molecule has 6 heteroatoms. The summed E-state index contributed by atoms with van der Waals surface area (Å²) in [5.41, 5.74) is 0.815. The Hall–Kier alpha value is -1.82. The molecule has 18 heavy (non-hydrogen) atoms. The third kappa shape index (κ3) is 3.59. The lowest BCUT2D eigenvalue weighted by Gasteiger charge is -2.25. The predicted octanol–water partition coefficient (Wildman–Crippen LogP) is 1.43. The number of carbonyl (C=O) groups is 2.